The number of hydrogen-bond donors (Lipinski definition) is 0. The number of halogens is 2. The molecule has 0 radical (unpaired) electrons. The van der Waals surface area contributed by atoms with Gasteiger partial charge in [-0.25, -0.2) is 4.98 Å². The summed E-state index contributed by atoms with van der Waals surface area (Å²) in [6, 6.07) is 9.77. The van der Waals surface area contributed by atoms with Gasteiger partial charge in [0, 0.05) is 5.56 Å². The van der Waals surface area contributed by atoms with Crippen LogP contribution in [0.25, 0.3) is 0 Å². The number of hydrogen-bond acceptors (Lipinski definition) is 2. The van der Waals surface area contributed by atoms with Gasteiger partial charge in [-0.05, 0) is 36.1 Å². The van der Waals surface area contributed by atoms with Crippen LogP contribution in [0.5, 0.6) is 5.75 Å². The van der Waals surface area contributed by atoms with E-state index in [9.17, 15) is 0 Å². The Labute approximate surface area is 136 Å². The molecule has 2 nitrogen and oxygen atoms in total. The average molecular weight is 324 g/mol. The monoisotopic (exact) mass is 323 g/mol. The molecule has 0 unspecified atom stereocenters. The molecule has 21 heavy (non-hydrogen) atoms. The Morgan fingerprint density at radius 3 is 2.43 bits per heavy atom. The zero-order chi connectivity index (χ0) is 15.6. The van der Waals surface area contributed by atoms with Gasteiger partial charge in [-0.3, -0.25) is 0 Å². The van der Waals surface area contributed by atoms with E-state index in [1.807, 2.05) is 18.2 Å². The average Bonchev–Trinajstić information content (AvgIpc) is 2.38. The van der Waals surface area contributed by atoms with E-state index in [1.54, 1.807) is 6.07 Å². The highest BCUT2D eigenvalue weighted by molar-refractivity contribution is 6.32. The smallest absolute Gasteiger partial charge is 0.137 e. The molecule has 0 amide bonds. The van der Waals surface area contributed by atoms with Gasteiger partial charge in [-0.15, -0.1) is 0 Å². The van der Waals surface area contributed by atoms with Crippen LogP contribution in [-0.4, -0.2) is 4.98 Å². The normalized spacial score (nSPS) is 11.5. The second-order valence-electron chi connectivity index (χ2n) is 6.12. The summed E-state index contributed by atoms with van der Waals surface area (Å²) in [6.07, 6.45) is 0. The molecular formula is C17H19Cl2NO. The van der Waals surface area contributed by atoms with Crippen LogP contribution in [0.3, 0.4) is 0 Å². The van der Waals surface area contributed by atoms with E-state index in [0.717, 1.165) is 11.3 Å². The Bertz CT molecular complexity index is 648. The molecule has 1 aromatic heterocycles. The van der Waals surface area contributed by atoms with Crippen LogP contribution >= 0.6 is 23.2 Å². The molecule has 2 aromatic rings. The second-order valence-corrected chi connectivity index (χ2v) is 6.87. The van der Waals surface area contributed by atoms with Gasteiger partial charge in [0.2, 0.25) is 0 Å². The minimum atomic E-state index is 0.0173. The number of rotatable bonds is 3. The first-order valence-corrected chi connectivity index (χ1v) is 7.58. The Kier molecular flexibility index (Phi) is 4.80. The summed E-state index contributed by atoms with van der Waals surface area (Å²) >= 11 is 11.9. The second kappa shape index (κ2) is 6.25. The van der Waals surface area contributed by atoms with E-state index in [4.69, 9.17) is 27.9 Å². The van der Waals surface area contributed by atoms with Gasteiger partial charge in [-0.2, -0.15) is 0 Å². The fourth-order valence-corrected chi connectivity index (χ4v) is 2.46. The number of nitrogens with zero attached hydrogens (tertiary/aromatic N) is 1. The van der Waals surface area contributed by atoms with Crippen molar-refractivity contribution in [3.63, 3.8) is 0 Å². The van der Waals surface area contributed by atoms with Gasteiger partial charge in [0.15, 0.2) is 0 Å². The highest BCUT2D eigenvalue weighted by atomic mass is 35.5. The quantitative estimate of drug-likeness (QED) is 0.688. The third kappa shape index (κ3) is 4.12. The van der Waals surface area contributed by atoms with Gasteiger partial charge in [0.25, 0.3) is 0 Å². The van der Waals surface area contributed by atoms with Crippen molar-refractivity contribution in [1.82, 2.24) is 4.98 Å². The first-order valence-electron chi connectivity index (χ1n) is 6.82. The van der Waals surface area contributed by atoms with Crippen molar-refractivity contribution < 1.29 is 4.74 Å². The van der Waals surface area contributed by atoms with Crippen LogP contribution in [0.4, 0.5) is 0 Å². The van der Waals surface area contributed by atoms with Crippen LogP contribution in [0.1, 0.15) is 37.5 Å². The molecule has 0 aliphatic rings. The molecule has 112 valence electrons. The first-order chi connectivity index (χ1) is 9.77. The summed E-state index contributed by atoms with van der Waals surface area (Å²) in [7, 11) is 0. The van der Waals surface area contributed by atoms with E-state index in [2.05, 4.69) is 38.7 Å². The van der Waals surface area contributed by atoms with Crippen LogP contribution < -0.4 is 4.74 Å². The minimum Gasteiger partial charge on any atom is -0.488 e. The molecule has 4 heteroatoms. The van der Waals surface area contributed by atoms with E-state index in [0.29, 0.717) is 16.9 Å². The number of benzene rings is 1. The van der Waals surface area contributed by atoms with Gasteiger partial charge < -0.3 is 4.74 Å². The highest BCUT2D eigenvalue weighted by Crippen LogP contribution is 2.33. The third-order valence-corrected chi connectivity index (χ3v) is 3.76. The Morgan fingerprint density at radius 1 is 1.10 bits per heavy atom. The predicted molar refractivity (Wildman–Crippen MR) is 88.5 cm³/mol. The predicted octanol–water partition coefficient (Wildman–Crippen LogP) is 5.57. The summed E-state index contributed by atoms with van der Waals surface area (Å²) < 4.78 is 5.96. The molecule has 0 saturated carbocycles. The number of pyridine rings is 1. The summed E-state index contributed by atoms with van der Waals surface area (Å²) in [4.78, 5) is 4.02. The summed E-state index contributed by atoms with van der Waals surface area (Å²) in [5.41, 5.74) is 3.24. The Balaban J connectivity index is 2.24. The maximum Gasteiger partial charge on any atom is 0.137 e. The van der Waals surface area contributed by atoms with Crippen molar-refractivity contribution in [2.75, 3.05) is 0 Å². The molecule has 0 saturated heterocycles. The fourth-order valence-electron chi connectivity index (χ4n) is 2.06. The molecular weight excluding hydrogens is 305 g/mol. The zero-order valence-electron chi connectivity index (χ0n) is 12.7. The van der Waals surface area contributed by atoms with Crippen molar-refractivity contribution in [2.45, 2.75) is 39.7 Å². The van der Waals surface area contributed by atoms with Crippen molar-refractivity contribution in [3.8, 4) is 5.75 Å². The lowest BCUT2D eigenvalue weighted by molar-refractivity contribution is 0.297. The highest BCUT2D eigenvalue weighted by Gasteiger charge is 2.19. The first kappa shape index (κ1) is 16.1. The van der Waals surface area contributed by atoms with Crippen LogP contribution in [0, 0.1) is 6.92 Å². The van der Waals surface area contributed by atoms with Crippen LogP contribution in [0.15, 0.2) is 30.3 Å². The molecule has 1 aromatic carbocycles. The van der Waals surface area contributed by atoms with Crippen molar-refractivity contribution >= 4 is 23.2 Å². The van der Waals surface area contributed by atoms with Crippen molar-refractivity contribution in [3.05, 3.63) is 57.3 Å². The van der Waals surface area contributed by atoms with Gasteiger partial charge in [-0.1, -0.05) is 61.7 Å². The fraction of sp³-hybridized carbons (Fsp3) is 0.353. The third-order valence-electron chi connectivity index (χ3n) is 3.22. The minimum absolute atomic E-state index is 0.0173. The molecule has 0 bridgehead atoms. The molecule has 0 atom stereocenters. The van der Waals surface area contributed by atoms with Gasteiger partial charge >= 0.3 is 0 Å². The molecule has 0 aliphatic carbocycles. The standard InChI is InChI=1S/C17H19Cl2NO/c1-11-5-7-14(13(9-11)17(2,3)4)21-10-12-6-8-15(18)20-16(12)19/h5-9H,10H2,1-4H3. The summed E-state index contributed by atoms with van der Waals surface area (Å²) in [5, 5.41) is 0.765. The van der Waals surface area contributed by atoms with E-state index >= 15 is 0 Å². The molecule has 1 heterocycles. The van der Waals surface area contributed by atoms with Gasteiger partial charge in [0.1, 0.15) is 22.7 Å². The maximum atomic E-state index is 6.08. The van der Waals surface area contributed by atoms with E-state index in [1.165, 1.54) is 11.1 Å². The lowest BCUT2D eigenvalue weighted by Gasteiger charge is -2.23. The van der Waals surface area contributed by atoms with Gasteiger partial charge in [0.05, 0.1) is 0 Å². The molecule has 0 spiro atoms. The van der Waals surface area contributed by atoms with E-state index < -0.39 is 0 Å². The molecule has 0 fully saturated rings. The Hall–Kier alpha value is -1.25. The van der Waals surface area contributed by atoms with E-state index in [-0.39, 0.29) is 5.41 Å². The maximum absolute atomic E-state index is 6.08. The summed E-state index contributed by atoms with van der Waals surface area (Å²) in [5.74, 6) is 0.874. The molecule has 0 aliphatic heterocycles. The largest absolute Gasteiger partial charge is 0.488 e. The Morgan fingerprint density at radius 2 is 1.81 bits per heavy atom. The number of ether oxygens (including phenoxy) is 1. The van der Waals surface area contributed by atoms with Crippen molar-refractivity contribution in [2.24, 2.45) is 0 Å². The molecule has 0 N–H and O–H groups in total. The van der Waals surface area contributed by atoms with Crippen LogP contribution in [-0.2, 0) is 12.0 Å². The summed E-state index contributed by atoms with van der Waals surface area (Å²) in [6.45, 7) is 8.97. The SMILES string of the molecule is Cc1ccc(OCc2ccc(Cl)nc2Cl)c(C(C)(C)C)c1. The number of aromatic nitrogens is 1. The lowest BCUT2D eigenvalue weighted by Crippen LogP contribution is -2.14. The lowest BCUT2D eigenvalue weighted by atomic mass is 9.85. The molecule has 2 rings (SSSR count). The van der Waals surface area contributed by atoms with Crippen molar-refractivity contribution in [1.29, 1.82) is 0 Å². The topological polar surface area (TPSA) is 22.1 Å². The zero-order valence-corrected chi connectivity index (χ0v) is 14.2. The number of aryl methyl sites for hydroxylation is 1. The van der Waals surface area contributed by atoms with Crippen LogP contribution in [0.2, 0.25) is 10.3 Å².